The molecule has 0 unspecified atom stereocenters. The summed E-state index contributed by atoms with van der Waals surface area (Å²) in [5.74, 6) is -1.01. The van der Waals surface area contributed by atoms with Crippen molar-refractivity contribution in [1.82, 2.24) is 19.9 Å². The second-order valence-corrected chi connectivity index (χ2v) is 9.11. The number of rotatable bonds is 6. The Morgan fingerprint density at radius 3 is 2.49 bits per heavy atom. The van der Waals surface area contributed by atoms with Gasteiger partial charge in [0, 0.05) is 51.9 Å². The Labute approximate surface area is 238 Å². The van der Waals surface area contributed by atoms with Crippen molar-refractivity contribution in [3.8, 4) is 33.3 Å². The van der Waals surface area contributed by atoms with Crippen LogP contribution in [0.25, 0.3) is 33.3 Å². The molecule has 3 aromatic heterocycles. The molecule has 37 heavy (non-hydrogen) atoms. The van der Waals surface area contributed by atoms with Crippen LogP contribution in [0.1, 0.15) is 20.9 Å². The molecule has 13 heteroatoms. The zero-order valence-electron chi connectivity index (χ0n) is 19.0. The molecule has 5 aromatic rings. The van der Waals surface area contributed by atoms with Gasteiger partial charge in [0.2, 0.25) is 5.82 Å². The van der Waals surface area contributed by atoms with Crippen LogP contribution in [0, 0.1) is 0 Å². The van der Waals surface area contributed by atoms with Crippen molar-refractivity contribution in [2.24, 2.45) is 0 Å². The second kappa shape index (κ2) is 10.8. The summed E-state index contributed by atoms with van der Waals surface area (Å²) in [4.78, 5) is 14.7. The molecule has 7 nitrogen and oxygen atoms in total. The van der Waals surface area contributed by atoms with Crippen molar-refractivity contribution in [1.29, 1.82) is 0 Å². The summed E-state index contributed by atoms with van der Waals surface area (Å²) in [6, 6.07) is 16.0. The molecule has 0 amide bonds. The maximum Gasteiger partial charge on any atom is 0.426 e. The van der Waals surface area contributed by atoms with Crippen LogP contribution in [0.5, 0.6) is 0 Å². The van der Waals surface area contributed by atoms with Crippen LogP contribution in [0.4, 0.5) is 13.2 Å². The number of benzene rings is 2. The van der Waals surface area contributed by atoms with Crippen LogP contribution in [-0.2, 0) is 12.7 Å². The number of hydrogen-bond acceptors (Lipinski definition) is 6. The summed E-state index contributed by atoms with van der Waals surface area (Å²) >= 11 is 6.93. The van der Waals surface area contributed by atoms with Gasteiger partial charge in [0.15, 0.2) is 5.69 Å². The monoisotopic (exact) mass is 553 g/mol. The van der Waals surface area contributed by atoms with E-state index < -0.39 is 17.0 Å². The van der Waals surface area contributed by atoms with Gasteiger partial charge in [0.1, 0.15) is 4.88 Å². The molecule has 0 aliphatic heterocycles. The fourth-order valence-electron chi connectivity index (χ4n) is 3.53. The van der Waals surface area contributed by atoms with E-state index in [0.717, 1.165) is 0 Å². The smallest absolute Gasteiger partial charge is 0.426 e. The summed E-state index contributed by atoms with van der Waals surface area (Å²) in [6.45, 7) is 0.238. The first kappa shape index (κ1) is 27.1. The Hall–Kier alpha value is -2.96. The molecule has 2 aromatic carbocycles. The standard InChI is InChI=1S/C24H14ClF3N4O3S.Na/c25-17-10-14(6-7-15(17)12-32-9-8-18(30-32)23(33)34)21-29-22(35-31-21)19-11-16(13-4-2-1-3-5-13)20(36-19)24(26,27)28;/h1-11H,12H2,(H,33,34);. The zero-order chi connectivity index (χ0) is 25.4. The van der Waals surface area contributed by atoms with E-state index in [0.29, 0.717) is 33.0 Å². The van der Waals surface area contributed by atoms with Gasteiger partial charge < -0.3 is 9.63 Å². The summed E-state index contributed by atoms with van der Waals surface area (Å²) < 4.78 is 47.8. The normalized spacial score (nSPS) is 11.4. The van der Waals surface area contributed by atoms with Crippen molar-refractivity contribution in [3.63, 3.8) is 0 Å². The summed E-state index contributed by atoms with van der Waals surface area (Å²) in [6.07, 6.45) is -3.01. The maximum absolute atomic E-state index is 13.7. The van der Waals surface area contributed by atoms with Crippen LogP contribution in [0.2, 0.25) is 5.02 Å². The number of halogens is 4. The van der Waals surface area contributed by atoms with Crippen molar-refractivity contribution in [2.75, 3.05) is 0 Å². The number of thiophene rings is 1. The quantitative estimate of drug-likeness (QED) is 0.246. The Kier molecular flexibility index (Phi) is 7.91. The molecule has 0 aliphatic carbocycles. The Morgan fingerprint density at radius 1 is 1.08 bits per heavy atom. The van der Waals surface area contributed by atoms with Crippen molar-refractivity contribution in [2.45, 2.75) is 12.7 Å². The van der Waals surface area contributed by atoms with Gasteiger partial charge in [-0.05, 0) is 29.3 Å². The summed E-state index contributed by atoms with van der Waals surface area (Å²) in [5, 5.41) is 17.2. The Bertz CT molecular complexity index is 1570. The number of nitrogens with zero attached hydrogens (tertiary/aromatic N) is 4. The number of carboxylic acid groups (broad SMARTS) is 1. The van der Waals surface area contributed by atoms with Gasteiger partial charge in [-0.25, -0.2) is 4.79 Å². The largest absolute Gasteiger partial charge is 0.476 e. The van der Waals surface area contributed by atoms with E-state index in [4.69, 9.17) is 21.2 Å². The fraction of sp³-hybridized carbons (Fsp3) is 0.0833. The first-order valence-corrected chi connectivity index (χ1v) is 11.5. The Morgan fingerprint density at radius 2 is 1.84 bits per heavy atom. The van der Waals surface area contributed by atoms with Crippen molar-refractivity contribution >= 4 is 58.5 Å². The molecule has 0 fully saturated rings. The third kappa shape index (κ3) is 5.81. The molecule has 0 aliphatic rings. The average molecular weight is 554 g/mol. The first-order chi connectivity index (χ1) is 17.2. The van der Waals surface area contributed by atoms with Crippen LogP contribution in [0.15, 0.2) is 71.4 Å². The van der Waals surface area contributed by atoms with Gasteiger partial charge in [0.25, 0.3) is 5.89 Å². The number of aromatic nitrogens is 4. The average Bonchev–Trinajstić information content (AvgIpc) is 3.60. The minimum atomic E-state index is -4.54. The van der Waals surface area contributed by atoms with Gasteiger partial charge >= 0.3 is 12.1 Å². The van der Waals surface area contributed by atoms with E-state index in [1.54, 1.807) is 48.5 Å². The topological polar surface area (TPSA) is 94.0 Å². The number of aromatic carboxylic acids is 1. The first-order valence-electron chi connectivity index (χ1n) is 10.3. The van der Waals surface area contributed by atoms with E-state index in [1.165, 1.54) is 23.0 Å². The Balaban J connectivity index is 0.00000320. The van der Waals surface area contributed by atoms with Crippen LogP contribution in [-0.4, -0.2) is 60.6 Å². The zero-order valence-corrected chi connectivity index (χ0v) is 22.6. The summed E-state index contributed by atoms with van der Waals surface area (Å²) in [7, 11) is 0. The SMILES string of the molecule is O=C(O)c1ccn(Cc2ccc(-c3noc(-c4cc(-c5ccccc5)c(C(F)(F)F)s4)n3)cc2Cl)n1.[Na]. The molecule has 3 heterocycles. The molecule has 183 valence electrons. The third-order valence-electron chi connectivity index (χ3n) is 5.21. The molecule has 0 bridgehead atoms. The van der Waals surface area contributed by atoms with Crippen molar-refractivity contribution < 1.29 is 27.6 Å². The molecule has 1 N–H and O–H groups in total. The van der Waals surface area contributed by atoms with Crippen LogP contribution >= 0.6 is 22.9 Å². The van der Waals surface area contributed by atoms with E-state index in [2.05, 4.69) is 15.2 Å². The molecular weight excluding hydrogens is 540 g/mol. The predicted octanol–water partition coefficient (Wildman–Crippen LogP) is 6.37. The molecule has 5 rings (SSSR count). The maximum atomic E-state index is 13.7. The number of alkyl halides is 3. The minimum absolute atomic E-state index is 0. The van der Waals surface area contributed by atoms with E-state index >= 15 is 0 Å². The van der Waals surface area contributed by atoms with Crippen molar-refractivity contribution in [3.05, 3.63) is 88.0 Å². The number of hydrogen-bond donors (Lipinski definition) is 1. The molecule has 1 radical (unpaired) electrons. The van der Waals surface area contributed by atoms with E-state index in [-0.39, 0.29) is 64.0 Å². The molecule has 0 spiro atoms. The minimum Gasteiger partial charge on any atom is -0.476 e. The van der Waals surface area contributed by atoms with Gasteiger partial charge in [0.05, 0.1) is 11.4 Å². The summed E-state index contributed by atoms with van der Waals surface area (Å²) in [5.41, 5.74) is 1.56. The molecule has 0 saturated heterocycles. The van der Waals surface area contributed by atoms with Crippen LogP contribution in [0.3, 0.4) is 0 Å². The van der Waals surface area contributed by atoms with Gasteiger partial charge in [-0.3, -0.25) is 4.68 Å². The van der Waals surface area contributed by atoms with E-state index in [9.17, 15) is 18.0 Å². The third-order valence-corrected chi connectivity index (χ3v) is 6.73. The van der Waals surface area contributed by atoms with Gasteiger partial charge in [-0.15, -0.1) is 11.3 Å². The van der Waals surface area contributed by atoms with Gasteiger partial charge in [-0.1, -0.05) is 59.2 Å². The predicted molar refractivity (Wildman–Crippen MR) is 133 cm³/mol. The van der Waals surface area contributed by atoms with E-state index in [1.807, 2.05) is 0 Å². The fourth-order valence-corrected chi connectivity index (χ4v) is 4.74. The number of carboxylic acids is 1. The second-order valence-electron chi connectivity index (χ2n) is 7.65. The van der Waals surface area contributed by atoms with Gasteiger partial charge in [-0.2, -0.15) is 23.3 Å². The number of carbonyl (C=O) groups is 1. The molecule has 0 atom stereocenters. The van der Waals surface area contributed by atoms with Crippen LogP contribution < -0.4 is 0 Å². The molecular formula is C24H14ClF3N4NaO3S. The molecule has 0 saturated carbocycles.